The highest BCUT2D eigenvalue weighted by Crippen LogP contribution is 2.30. The number of piperidine rings is 1. The molecule has 0 radical (unpaired) electrons. The van der Waals surface area contributed by atoms with E-state index in [0.29, 0.717) is 5.92 Å². The second kappa shape index (κ2) is 5.33. The van der Waals surface area contributed by atoms with Crippen LogP contribution in [0.15, 0.2) is 30.6 Å². The first kappa shape index (κ1) is 12.7. The maximum Gasteiger partial charge on any atom is 0.135 e. The zero-order valence-electron chi connectivity index (χ0n) is 11.5. The lowest BCUT2D eigenvalue weighted by Gasteiger charge is -2.33. The molecule has 0 N–H and O–H groups in total. The third-order valence-electron chi connectivity index (χ3n) is 3.97. The van der Waals surface area contributed by atoms with Crippen molar-refractivity contribution in [2.24, 2.45) is 7.05 Å². The molecule has 5 nitrogen and oxygen atoms in total. The Morgan fingerprint density at radius 1 is 1.25 bits per heavy atom. The molecule has 0 atom stereocenters. The molecular formula is C15H17N5. The van der Waals surface area contributed by atoms with E-state index in [-0.39, 0.29) is 0 Å². The van der Waals surface area contributed by atoms with Gasteiger partial charge in [-0.2, -0.15) is 5.26 Å². The third kappa shape index (κ3) is 2.25. The molecule has 0 unspecified atom stereocenters. The molecule has 3 rings (SSSR count). The van der Waals surface area contributed by atoms with Gasteiger partial charge in [-0.3, -0.25) is 0 Å². The lowest BCUT2D eigenvalue weighted by Crippen LogP contribution is -2.34. The van der Waals surface area contributed by atoms with Crippen LogP contribution in [0, 0.1) is 11.3 Å². The van der Waals surface area contributed by atoms with E-state index in [0.717, 1.165) is 43.0 Å². The number of rotatable bonds is 2. The van der Waals surface area contributed by atoms with Crippen LogP contribution in [-0.4, -0.2) is 27.9 Å². The minimum atomic E-state index is 0.466. The fourth-order valence-electron chi connectivity index (χ4n) is 2.88. The van der Waals surface area contributed by atoms with Gasteiger partial charge in [-0.1, -0.05) is 12.1 Å². The number of nitrogens with zero attached hydrogens (tertiary/aromatic N) is 5. The topological polar surface area (TPSA) is 57.7 Å². The second-order valence-corrected chi connectivity index (χ2v) is 5.19. The van der Waals surface area contributed by atoms with Crippen LogP contribution >= 0.6 is 0 Å². The minimum Gasteiger partial charge on any atom is -0.370 e. The molecule has 1 fully saturated rings. The molecule has 2 heterocycles. The molecule has 1 aliphatic rings. The molecule has 0 aliphatic carbocycles. The van der Waals surface area contributed by atoms with Crippen molar-refractivity contribution in [2.75, 3.05) is 18.0 Å². The number of aromatic nitrogens is 3. The molecule has 0 spiro atoms. The molecule has 0 amide bonds. The van der Waals surface area contributed by atoms with E-state index in [2.05, 4.69) is 21.2 Å². The summed E-state index contributed by atoms with van der Waals surface area (Å²) >= 11 is 0. The van der Waals surface area contributed by atoms with E-state index in [1.54, 1.807) is 6.33 Å². The van der Waals surface area contributed by atoms with Crippen molar-refractivity contribution in [3.63, 3.8) is 0 Å². The average Bonchev–Trinajstić information content (AvgIpc) is 2.93. The summed E-state index contributed by atoms with van der Waals surface area (Å²) in [5, 5.41) is 17.4. The molecule has 5 heteroatoms. The van der Waals surface area contributed by atoms with Gasteiger partial charge in [-0.25, -0.2) is 0 Å². The van der Waals surface area contributed by atoms with Crippen molar-refractivity contribution in [1.82, 2.24) is 14.8 Å². The van der Waals surface area contributed by atoms with Gasteiger partial charge in [0.15, 0.2) is 0 Å². The normalized spacial score (nSPS) is 16.1. The number of hydrogen-bond donors (Lipinski definition) is 0. The second-order valence-electron chi connectivity index (χ2n) is 5.19. The van der Waals surface area contributed by atoms with Crippen molar-refractivity contribution in [3.8, 4) is 6.07 Å². The quantitative estimate of drug-likeness (QED) is 0.835. The standard InChI is InChI=1S/C15H17N5/c1-19-11-17-18-15(19)12-6-8-20(9-7-12)14-5-3-2-4-13(14)10-16/h2-5,11-12H,6-9H2,1H3. The van der Waals surface area contributed by atoms with E-state index < -0.39 is 0 Å². The largest absolute Gasteiger partial charge is 0.370 e. The number of nitriles is 1. The average molecular weight is 267 g/mol. The van der Waals surface area contributed by atoms with Gasteiger partial charge in [0.25, 0.3) is 0 Å². The smallest absolute Gasteiger partial charge is 0.135 e. The van der Waals surface area contributed by atoms with Crippen molar-refractivity contribution in [3.05, 3.63) is 42.0 Å². The Kier molecular flexibility index (Phi) is 3.38. The maximum atomic E-state index is 9.19. The molecule has 1 aromatic heterocycles. The maximum absolute atomic E-state index is 9.19. The zero-order valence-corrected chi connectivity index (χ0v) is 11.5. The number of para-hydroxylation sites is 1. The van der Waals surface area contributed by atoms with E-state index in [4.69, 9.17) is 0 Å². The molecule has 1 aliphatic heterocycles. The predicted molar refractivity (Wildman–Crippen MR) is 76.3 cm³/mol. The van der Waals surface area contributed by atoms with Crippen molar-refractivity contribution in [1.29, 1.82) is 5.26 Å². The molecular weight excluding hydrogens is 250 g/mol. The summed E-state index contributed by atoms with van der Waals surface area (Å²) < 4.78 is 2.00. The summed E-state index contributed by atoms with van der Waals surface area (Å²) in [5.74, 6) is 1.53. The summed E-state index contributed by atoms with van der Waals surface area (Å²) in [6.45, 7) is 1.91. The summed E-state index contributed by atoms with van der Waals surface area (Å²) in [6.07, 6.45) is 3.85. The first-order valence-electron chi connectivity index (χ1n) is 6.87. The van der Waals surface area contributed by atoms with E-state index in [9.17, 15) is 5.26 Å². The van der Waals surface area contributed by atoms with Crippen LogP contribution in [0.1, 0.15) is 30.1 Å². The van der Waals surface area contributed by atoms with Crippen LogP contribution in [0.3, 0.4) is 0 Å². The first-order chi connectivity index (χ1) is 9.79. The van der Waals surface area contributed by atoms with Gasteiger partial charge >= 0.3 is 0 Å². The van der Waals surface area contributed by atoms with Gasteiger partial charge in [0.2, 0.25) is 0 Å². The summed E-state index contributed by atoms with van der Waals surface area (Å²) in [4.78, 5) is 2.30. The highest BCUT2D eigenvalue weighted by atomic mass is 15.3. The Bertz CT molecular complexity index is 632. The Morgan fingerprint density at radius 3 is 2.65 bits per heavy atom. The molecule has 20 heavy (non-hydrogen) atoms. The third-order valence-corrected chi connectivity index (χ3v) is 3.97. The number of hydrogen-bond acceptors (Lipinski definition) is 4. The van der Waals surface area contributed by atoms with Crippen LogP contribution in [-0.2, 0) is 7.05 Å². The van der Waals surface area contributed by atoms with Crippen molar-refractivity contribution < 1.29 is 0 Å². The Morgan fingerprint density at radius 2 is 2.00 bits per heavy atom. The lowest BCUT2D eigenvalue weighted by atomic mass is 9.95. The van der Waals surface area contributed by atoms with Crippen molar-refractivity contribution in [2.45, 2.75) is 18.8 Å². The lowest BCUT2D eigenvalue weighted by molar-refractivity contribution is 0.474. The van der Waals surface area contributed by atoms with Gasteiger partial charge in [-0.05, 0) is 25.0 Å². The molecule has 0 saturated carbocycles. The zero-order chi connectivity index (χ0) is 13.9. The first-order valence-corrected chi connectivity index (χ1v) is 6.87. The Balaban J connectivity index is 1.73. The monoisotopic (exact) mass is 267 g/mol. The van der Waals surface area contributed by atoms with Gasteiger partial charge in [0, 0.05) is 26.1 Å². The Labute approximate surface area is 118 Å². The molecule has 0 bridgehead atoms. The van der Waals surface area contributed by atoms with Crippen LogP contribution in [0.5, 0.6) is 0 Å². The van der Waals surface area contributed by atoms with Gasteiger partial charge in [0.1, 0.15) is 18.2 Å². The molecule has 1 aromatic carbocycles. The predicted octanol–water partition coefficient (Wildman–Crippen LogP) is 2.07. The number of aryl methyl sites for hydroxylation is 1. The van der Waals surface area contributed by atoms with E-state index in [1.807, 2.05) is 35.9 Å². The summed E-state index contributed by atoms with van der Waals surface area (Å²) in [7, 11) is 1.99. The highest BCUT2D eigenvalue weighted by molar-refractivity contribution is 5.59. The highest BCUT2D eigenvalue weighted by Gasteiger charge is 2.24. The van der Waals surface area contributed by atoms with Gasteiger partial charge < -0.3 is 9.47 Å². The van der Waals surface area contributed by atoms with E-state index in [1.165, 1.54) is 0 Å². The van der Waals surface area contributed by atoms with Crippen LogP contribution in [0.2, 0.25) is 0 Å². The fourth-order valence-corrected chi connectivity index (χ4v) is 2.88. The number of benzene rings is 1. The molecule has 1 saturated heterocycles. The molecule has 102 valence electrons. The summed E-state index contributed by atoms with van der Waals surface area (Å²) in [5.41, 5.74) is 1.80. The summed E-state index contributed by atoms with van der Waals surface area (Å²) in [6, 6.07) is 10.1. The van der Waals surface area contributed by atoms with Gasteiger partial charge in [-0.15, -0.1) is 10.2 Å². The minimum absolute atomic E-state index is 0.466. The molecule has 2 aromatic rings. The fraction of sp³-hybridized carbons (Fsp3) is 0.400. The van der Waals surface area contributed by atoms with Gasteiger partial charge in [0.05, 0.1) is 11.3 Å². The number of anilines is 1. The van der Waals surface area contributed by atoms with Crippen LogP contribution in [0.25, 0.3) is 0 Å². The van der Waals surface area contributed by atoms with Crippen molar-refractivity contribution >= 4 is 5.69 Å². The Hall–Kier alpha value is -2.35. The van der Waals surface area contributed by atoms with Crippen LogP contribution in [0.4, 0.5) is 5.69 Å². The van der Waals surface area contributed by atoms with Crippen LogP contribution < -0.4 is 4.90 Å². The van der Waals surface area contributed by atoms with E-state index >= 15 is 0 Å². The SMILES string of the molecule is Cn1cnnc1C1CCN(c2ccccc2C#N)CC1.